The van der Waals surface area contributed by atoms with Gasteiger partial charge in [0.15, 0.2) is 0 Å². The first-order valence-electron chi connectivity index (χ1n) is 8.70. The smallest absolute Gasteiger partial charge is 0.411 e. The average molecular weight is 353 g/mol. The fourth-order valence-corrected chi connectivity index (χ4v) is 3.06. The molecule has 1 atom stereocenters. The number of nitrogens with zero attached hydrogens (tertiary/aromatic N) is 1. The highest BCUT2D eigenvalue weighted by Gasteiger charge is 2.29. The second kappa shape index (κ2) is 7.91. The van der Waals surface area contributed by atoms with Gasteiger partial charge in [0.25, 0.3) is 0 Å². The normalized spacial score (nSPS) is 16.3. The van der Waals surface area contributed by atoms with Crippen molar-refractivity contribution in [2.75, 3.05) is 18.5 Å². The van der Waals surface area contributed by atoms with Crippen LogP contribution in [0.15, 0.2) is 48.5 Å². The van der Waals surface area contributed by atoms with Crippen molar-refractivity contribution in [1.29, 1.82) is 0 Å². The third-order valence-electron chi connectivity index (χ3n) is 4.37. The van der Waals surface area contributed by atoms with Crippen LogP contribution in [-0.2, 0) is 11.3 Å². The van der Waals surface area contributed by atoms with Crippen LogP contribution in [0.5, 0.6) is 0 Å². The van der Waals surface area contributed by atoms with E-state index >= 15 is 0 Å². The molecular formula is C20H23N3O3. The summed E-state index contributed by atoms with van der Waals surface area (Å²) in [4.78, 5) is 25.6. The molecule has 1 aliphatic rings. The van der Waals surface area contributed by atoms with Gasteiger partial charge in [-0.25, -0.2) is 9.59 Å². The van der Waals surface area contributed by atoms with Crippen molar-refractivity contribution in [1.82, 2.24) is 10.2 Å². The van der Waals surface area contributed by atoms with Crippen LogP contribution in [0.4, 0.5) is 15.3 Å². The zero-order valence-electron chi connectivity index (χ0n) is 15.0. The van der Waals surface area contributed by atoms with Gasteiger partial charge < -0.3 is 15.0 Å². The topological polar surface area (TPSA) is 70.7 Å². The summed E-state index contributed by atoms with van der Waals surface area (Å²) in [6.45, 7) is 5.16. The number of rotatable bonds is 5. The van der Waals surface area contributed by atoms with Gasteiger partial charge >= 0.3 is 12.1 Å². The number of carbonyl (C=O) groups is 2. The van der Waals surface area contributed by atoms with Crippen LogP contribution in [0.2, 0.25) is 0 Å². The molecule has 0 spiro atoms. The van der Waals surface area contributed by atoms with E-state index in [0.29, 0.717) is 25.4 Å². The standard InChI is InChI=1S/C20H23N3O3/c1-3-26-20(25)22-17-10-9-15(11-14(17)2)12-23-13-18(21-19(23)24)16-7-5-4-6-8-16/h4-11,18H,3,12-13H2,1-2H3,(H,21,24)(H,22,25)/t18-/m1/s1. The van der Waals surface area contributed by atoms with Crippen molar-refractivity contribution in [2.45, 2.75) is 26.4 Å². The van der Waals surface area contributed by atoms with E-state index in [4.69, 9.17) is 4.74 Å². The Hall–Kier alpha value is -3.02. The Bertz CT molecular complexity index is 792. The Morgan fingerprint density at radius 3 is 2.73 bits per heavy atom. The Kier molecular flexibility index (Phi) is 5.41. The quantitative estimate of drug-likeness (QED) is 0.858. The first kappa shape index (κ1) is 17.8. The highest BCUT2D eigenvalue weighted by molar-refractivity contribution is 5.85. The van der Waals surface area contributed by atoms with Crippen molar-refractivity contribution in [2.24, 2.45) is 0 Å². The number of urea groups is 1. The molecule has 0 radical (unpaired) electrons. The van der Waals surface area contributed by atoms with Gasteiger partial charge in [0.05, 0.1) is 12.6 Å². The monoisotopic (exact) mass is 353 g/mol. The molecule has 1 aliphatic heterocycles. The molecule has 0 saturated carbocycles. The molecule has 2 N–H and O–H groups in total. The van der Waals surface area contributed by atoms with Crippen LogP contribution in [0.25, 0.3) is 0 Å². The number of hydrogen-bond donors (Lipinski definition) is 2. The lowest BCUT2D eigenvalue weighted by Gasteiger charge is -2.16. The minimum Gasteiger partial charge on any atom is -0.450 e. The Morgan fingerprint density at radius 2 is 2.04 bits per heavy atom. The first-order chi connectivity index (χ1) is 12.6. The van der Waals surface area contributed by atoms with Crippen molar-refractivity contribution < 1.29 is 14.3 Å². The van der Waals surface area contributed by atoms with Crippen LogP contribution in [0.3, 0.4) is 0 Å². The Balaban J connectivity index is 1.65. The van der Waals surface area contributed by atoms with Crippen LogP contribution in [0, 0.1) is 6.92 Å². The van der Waals surface area contributed by atoms with Crippen molar-refractivity contribution in [3.63, 3.8) is 0 Å². The number of aryl methyl sites for hydroxylation is 1. The molecule has 0 aliphatic carbocycles. The summed E-state index contributed by atoms with van der Waals surface area (Å²) in [6.07, 6.45) is -0.465. The minimum atomic E-state index is -0.465. The summed E-state index contributed by atoms with van der Waals surface area (Å²) >= 11 is 0. The van der Waals surface area contributed by atoms with Gasteiger partial charge in [-0.3, -0.25) is 5.32 Å². The van der Waals surface area contributed by atoms with Gasteiger partial charge in [-0.2, -0.15) is 0 Å². The van der Waals surface area contributed by atoms with Crippen LogP contribution >= 0.6 is 0 Å². The molecule has 2 aromatic rings. The molecular weight excluding hydrogens is 330 g/mol. The zero-order chi connectivity index (χ0) is 18.5. The summed E-state index contributed by atoms with van der Waals surface area (Å²) in [5.41, 5.74) is 3.75. The molecule has 0 unspecified atom stereocenters. The Morgan fingerprint density at radius 1 is 1.27 bits per heavy atom. The third-order valence-corrected chi connectivity index (χ3v) is 4.37. The molecule has 2 aromatic carbocycles. The van der Waals surface area contributed by atoms with Gasteiger partial charge in [0.2, 0.25) is 0 Å². The third kappa shape index (κ3) is 4.14. The SMILES string of the molecule is CCOC(=O)Nc1ccc(CN2C[C@H](c3ccccc3)NC2=O)cc1C. The van der Waals surface area contributed by atoms with E-state index in [1.807, 2.05) is 55.5 Å². The van der Waals surface area contributed by atoms with Gasteiger partial charge in [-0.1, -0.05) is 42.5 Å². The maximum atomic E-state index is 12.3. The number of amides is 3. The summed E-state index contributed by atoms with van der Waals surface area (Å²) in [5, 5.41) is 5.74. The highest BCUT2D eigenvalue weighted by atomic mass is 16.5. The maximum Gasteiger partial charge on any atom is 0.411 e. The van der Waals surface area contributed by atoms with Crippen LogP contribution in [0.1, 0.15) is 29.7 Å². The fraction of sp³-hybridized carbons (Fsp3) is 0.300. The van der Waals surface area contributed by atoms with E-state index in [9.17, 15) is 9.59 Å². The average Bonchev–Trinajstić information content (AvgIpc) is 2.99. The molecule has 26 heavy (non-hydrogen) atoms. The number of carbonyl (C=O) groups excluding carboxylic acids is 2. The fourth-order valence-electron chi connectivity index (χ4n) is 3.06. The Labute approximate surface area is 153 Å². The zero-order valence-corrected chi connectivity index (χ0v) is 15.0. The predicted molar refractivity (Wildman–Crippen MR) is 99.9 cm³/mol. The molecule has 1 fully saturated rings. The number of ether oxygens (including phenoxy) is 1. The van der Waals surface area contributed by atoms with Gasteiger partial charge in [-0.15, -0.1) is 0 Å². The number of anilines is 1. The molecule has 1 heterocycles. The largest absolute Gasteiger partial charge is 0.450 e. The lowest BCUT2D eigenvalue weighted by atomic mass is 10.1. The summed E-state index contributed by atoms with van der Waals surface area (Å²) < 4.78 is 4.90. The molecule has 6 heteroatoms. The molecule has 6 nitrogen and oxygen atoms in total. The highest BCUT2D eigenvalue weighted by Crippen LogP contribution is 2.23. The molecule has 3 amide bonds. The summed E-state index contributed by atoms with van der Waals surface area (Å²) in [6, 6.07) is 15.6. The van der Waals surface area contributed by atoms with E-state index in [1.165, 1.54) is 0 Å². The second-order valence-corrected chi connectivity index (χ2v) is 6.29. The van der Waals surface area contributed by atoms with E-state index in [0.717, 1.165) is 16.7 Å². The lowest BCUT2D eigenvalue weighted by molar-refractivity contribution is 0.168. The van der Waals surface area contributed by atoms with E-state index in [-0.39, 0.29) is 12.1 Å². The number of hydrogen-bond acceptors (Lipinski definition) is 3. The second-order valence-electron chi connectivity index (χ2n) is 6.29. The van der Waals surface area contributed by atoms with Crippen LogP contribution < -0.4 is 10.6 Å². The predicted octanol–water partition coefficient (Wildman–Crippen LogP) is 3.83. The van der Waals surface area contributed by atoms with E-state index < -0.39 is 6.09 Å². The molecule has 3 rings (SSSR count). The van der Waals surface area contributed by atoms with E-state index in [1.54, 1.807) is 11.8 Å². The summed E-state index contributed by atoms with van der Waals surface area (Å²) in [5.74, 6) is 0. The maximum absolute atomic E-state index is 12.3. The van der Waals surface area contributed by atoms with Gasteiger partial charge in [0, 0.05) is 18.8 Å². The molecule has 136 valence electrons. The summed E-state index contributed by atoms with van der Waals surface area (Å²) in [7, 11) is 0. The van der Waals surface area contributed by atoms with Gasteiger partial charge in [0.1, 0.15) is 0 Å². The van der Waals surface area contributed by atoms with Crippen LogP contribution in [-0.4, -0.2) is 30.2 Å². The van der Waals surface area contributed by atoms with Crippen molar-refractivity contribution in [3.05, 3.63) is 65.2 Å². The minimum absolute atomic E-state index is 0.00884. The molecule has 0 aromatic heterocycles. The van der Waals surface area contributed by atoms with E-state index in [2.05, 4.69) is 10.6 Å². The molecule has 1 saturated heterocycles. The number of benzene rings is 2. The lowest BCUT2D eigenvalue weighted by Crippen LogP contribution is -2.27. The van der Waals surface area contributed by atoms with Crippen molar-refractivity contribution >= 4 is 17.8 Å². The van der Waals surface area contributed by atoms with Gasteiger partial charge in [-0.05, 0) is 36.6 Å². The first-order valence-corrected chi connectivity index (χ1v) is 8.70. The van der Waals surface area contributed by atoms with Crippen molar-refractivity contribution in [3.8, 4) is 0 Å². The number of nitrogens with one attached hydrogen (secondary N) is 2. The molecule has 0 bridgehead atoms.